The Morgan fingerprint density at radius 1 is 1.12 bits per heavy atom. The van der Waals surface area contributed by atoms with Crippen LogP contribution in [0.15, 0.2) is 44.8 Å². The van der Waals surface area contributed by atoms with E-state index in [-0.39, 0.29) is 12.4 Å². The quantitative estimate of drug-likeness (QED) is 0.295. The molecule has 3 heterocycles. The van der Waals surface area contributed by atoms with E-state index in [1.807, 2.05) is 19.1 Å². The third-order valence-corrected chi connectivity index (χ3v) is 6.06. The van der Waals surface area contributed by atoms with Crippen LogP contribution in [0.2, 0.25) is 0 Å². The van der Waals surface area contributed by atoms with Crippen LogP contribution in [0.3, 0.4) is 0 Å². The van der Waals surface area contributed by atoms with E-state index >= 15 is 0 Å². The van der Waals surface area contributed by atoms with Gasteiger partial charge < -0.3 is 23.5 Å². The summed E-state index contributed by atoms with van der Waals surface area (Å²) < 4.78 is 28.6. The van der Waals surface area contributed by atoms with Crippen molar-refractivity contribution in [2.45, 2.75) is 17.8 Å². The summed E-state index contributed by atoms with van der Waals surface area (Å²) in [5, 5.41) is 5.05. The summed E-state index contributed by atoms with van der Waals surface area (Å²) in [5.74, 6) is 3.54. The molecule has 170 valence electrons. The number of ether oxygens (including phenoxy) is 4. The molecule has 1 aliphatic rings. The largest absolute Gasteiger partial charge is 0.493 e. The highest BCUT2D eigenvalue weighted by atomic mass is 32.2. The van der Waals surface area contributed by atoms with E-state index in [1.54, 1.807) is 32.4 Å². The molecule has 1 aliphatic heterocycles. The molecule has 0 aliphatic carbocycles. The molecule has 0 spiro atoms. The Morgan fingerprint density at radius 2 is 1.94 bits per heavy atom. The zero-order chi connectivity index (χ0) is 22.9. The molecule has 5 rings (SSSR count). The molecule has 0 atom stereocenters. The average molecular weight is 468 g/mol. The predicted molar refractivity (Wildman–Crippen MR) is 120 cm³/mol. The van der Waals surface area contributed by atoms with Crippen molar-refractivity contribution < 1.29 is 23.5 Å². The van der Waals surface area contributed by atoms with Crippen molar-refractivity contribution in [1.82, 2.24) is 19.7 Å². The van der Waals surface area contributed by atoms with Gasteiger partial charge in [-0.15, -0.1) is 0 Å². The Labute approximate surface area is 192 Å². The van der Waals surface area contributed by atoms with Gasteiger partial charge in [-0.05, 0) is 31.2 Å². The SMILES string of the molecule is CCOc1ccc(-c2noc(CSc3nc4cc5c(cc4c(=O)n3C)OCO5)n2)cc1OC. The van der Waals surface area contributed by atoms with Gasteiger partial charge in [0, 0.05) is 18.7 Å². The molecule has 10 nitrogen and oxygen atoms in total. The molecule has 0 amide bonds. The Kier molecular flexibility index (Phi) is 5.55. The first-order chi connectivity index (χ1) is 16.1. The number of fused-ring (bicyclic) bond motifs is 2. The van der Waals surface area contributed by atoms with Gasteiger partial charge in [-0.25, -0.2) is 4.98 Å². The van der Waals surface area contributed by atoms with Crippen LogP contribution < -0.4 is 24.5 Å². The minimum Gasteiger partial charge on any atom is -0.493 e. The van der Waals surface area contributed by atoms with Crippen LogP contribution >= 0.6 is 11.8 Å². The highest BCUT2D eigenvalue weighted by Crippen LogP contribution is 2.35. The second kappa shape index (κ2) is 8.66. The summed E-state index contributed by atoms with van der Waals surface area (Å²) in [5.41, 5.74) is 1.11. The number of nitrogens with zero attached hydrogens (tertiary/aromatic N) is 4. The third-order valence-electron chi connectivity index (χ3n) is 5.04. The van der Waals surface area contributed by atoms with Crippen LogP contribution in [0.1, 0.15) is 12.8 Å². The molecule has 33 heavy (non-hydrogen) atoms. The first kappa shape index (κ1) is 21.1. The van der Waals surface area contributed by atoms with Gasteiger partial charge in [0.1, 0.15) is 0 Å². The second-order valence-corrected chi connectivity index (χ2v) is 8.02. The maximum Gasteiger partial charge on any atom is 0.261 e. The maximum atomic E-state index is 12.8. The van der Waals surface area contributed by atoms with Crippen molar-refractivity contribution in [3.05, 3.63) is 46.6 Å². The minimum atomic E-state index is -0.173. The van der Waals surface area contributed by atoms with Gasteiger partial charge in [-0.3, -0.25) is 9.36 Å². The molecular weight excluding hydrogens is 448 g/mol. The van der Waals surface area contributed by atoms with Gasteiger partial charge in [0.25, 0.3) is 5.56 Å². The summed E-state index contributed by atoms with van der Waals surface area (Å²) in [6, 6.07) is 8.83. The topological polar surface area (TPSA) is 111 Å². The van der Waals surface area contributed by atoms with Gasteiger partial charge in [0.15, 0.2) is 28.2 Å². The Hall–Kier alpha value is -3.73. The summed E-state index contributed by atoms with van der Waals surface area (Å²) in [7, 11) is 3.25. The van der Waals surface area contributed by atoms with E-state index < -0.39 is 0 Å². The van der Waals surface area contributed by atoms with Crippen LogP contribution in [-0.2, 0) is 12.8 Å². The lowest BCUT2D eigenvalue weighted by molar-refractivity contribution is 0.174. The number of thioether (sulfide) groups is 1. The Bertz CT molecular complexity index is 1400. The number of methoxy groups -OCH3 is 1. The van der Waals surface area contributed by atoms with E-state index in [2.05, 4.69) is 15.1 Å². The number of aromatic nitrogens is 4. The molecule has 0 bridgehead atoms. The van der Waals surface area contributed by atoms with Crippen LogP contribution in [0.4, 0.5) is 0 Å². The first-order valence-corrected chi connectivity index (χ1v) is 11.1. The third kappa shape index (κ3) is 3.95. The van der Waals surface area contributed by atoms with E-state index in [1.165, 1.54) is 16.3 Å². The smallest absolute Gasteiger partial charge is 0.261 e. The summed E-state index contributed by atoms with van der Waals surface area (Å²) in [6.07, 6.45) is 0. The number of hydrogen-bond donors (Lipinski definition) is 0. The summed E-state index contributed by atoms with van der Waals surface area (Å²) in [4.78, 5) is 21.9. The maximum absolute atomic E-state index is 12.8. The lowest BCUT2D eigenvalue weighted by Gasteiger charge is -2.09. The van der Waals surface area contributed by atoms with Crippen molar-refractivity contribution in [3.63, 3.8) is 0 Å². The fourth-order valence-corrected chi connectivity index (χ4v) is 4.22. The van der Waals surface area contributed by atoms with Crippen molar-refractivity contribution >= 4 is 22.7 Å². The molecule has 4 aromatic rings. The van der Waals surface area contributed by atoms with Gasteiger partial charge in [-0.2, -0.15) is 4.98 Å². The summed E-state index contributed by atoms with van der Waals surface area (Å²) >= 11 is 1.33. The van der Waals surface area contributed by atoms with Gasteiger partial charge in [-0.1, -0.05) is 16.9 Å². The predicted octanol–water partition coefficient (Wildman–Crippen LogP) is 3.41. The molecular formula is C22H20N4O6S. The molecule has 0 fully saturated rings. The second-order valence-electron chi connectivity index (χ2n) is 7.08. The van der Waals surface area contributed by atoms with Crippen LogP contribution in [0.5, 0.6) is 23.0 Å². The lowest BCUT2D eigenvalue weighted by atomic mass is 10.2. The highest BCUT2D eigenvalue weighted by molar-refractivity contribution is 7.98. The lowest BCUT2D eigenvalue weighted by Crippen LogP contribution is -2.20. The van der Waals surface area contributed by atoms with Crippen LogP contribution in [-0.4, -0.2) is 40.2 Å². The fourth-order valence-electron chi connectivity index (χ4n) is 3.41. The van der Waals surface area contributed by atoms with Crippen molar-refractivity contribution in [2.75, 3.05) is 20.5 Å². The molecule has 0 unspecified atom stereocenters. The molecule has 0 saturated heterocycles. The van der Waals surface area contributed by atoms with Gasteiger partial charge in [0.2, 0.25) is 18.5 Å². The molecule has 0 N–H and O–H groups in total. The van der Waals surface area contributed by atoms with E-state index in [9.17, 15) is 4.79 Å². The number of rotatable bonds is 7. The first-order valence-electron chi connectivity index (χ1n) is 10.1. The molecule has 0 radical (unpaired) electrons. The van der Waals surface area contributed by atoms with Gasteiger partial charge in [0.05, 0.1) is 30.4 Å². The highest BCUT2D eigenvalue weighted by Gasteiger charge is 2.19. The number of hydrogen-bond acceptors (Lipinski definition) is 10. The fraction of sp³-hybridized carbons (Fsp3) is 0.273. The average Bonchev–Trinajstić information content (AvgIpc) is 3.49. The molecule has 2 aromatic carbocycles. The minimum absolute atomic E-state index is 0.132. The molecule has 0 saturated carbocycles. The van der Waals surface area contributed by atoms with Crippen molar-refractivity contribution in [1.29, 1.82) is 0 Å². The molecule has 11 heteroatoms. The Morgan fingerprint density at radius 3 is 2.73 bits per heavy atom. The van der Waals surface area contributed by atoms with Gasteiger partial charge >= 0.3 is 0 Å². The Balaban J connectivity index is 1.37. The van der Waals surface area contributed by atoms with Crippen molar-refractivity contribution in [3.8, 4) is 34.4 Å². The summed E-state index contributed by atoms with van der Waals surface area (Å²) in [6.45, 7) is 2.58. The van der Waals surface area contributed by atoms with Crippen LogP contribution in [0, 0.1) is 0 Å². The van der Waals surface area contributed by atoms with E-state index in [4.69, 9.17) is 23.5 Å². The van der Waals surface area contributed by atoms with E-state index in [0.717, 1.165) is 5.56 Å². The number of benzene rings is 2. The normalized spacial score (nSPS) is 12.3. The monoisotopic (exact) mass is 468 g/mol. The zero-order valence-corrected chi connectivity index (χ0v) is 19.0. The van der Waals surface area contributed by atoms with E-state index in [0.29, 0.717) is 63.1 Å². The van der Waals surface area contributed by atoms with Crippen LogP contribution in [0.25, 0.3) is 22.3 Å². The molecule has 2 aromatic heterocycles. The standard InChI is InChI=1S/C22H20N4O6S/c1-4-29-15-6-5-12(7-16(15)28-3)20-24-19(32-25-20)10-33-22-23-14-9-18-17(30-11-31-18)8-13(14)21(27)26(22)2/h5-9H,4,10-11H2,1-3H3. The van der Waals surface area contributed by atoms with Crippen molar-refractivity contribution in [2.24, 2.45) is 7.05 Å². The zero-order valence-electron chi connectivity index (χ0n) is 18.2.